The lowest BCUT2D eigenvalue weighted by atomic mass is 9.98. The summed E-state index contributed by atoms with van der Waals surface area (Å²) in [6, 6.07) is 8.39. The predicted molar refractivity (Wildman–Crippen MR) is 53.8 cm³/mol. The molecule has 1 aliphatic rings. The van der Waals surface area contributed by atoms with E-state index in [-0.39, 0.29) is 0 Å². The monoisotopic (exact) mass is 175 g/mol. The molecule has 0 aromatic heterocycles. The van der Waals surface area contributed by atoms with Gasteiger partial charge in [0.05, 0.1) is 7.11 Å². The van der Waals surface area contributed by atoms with E-state index in [4.69, 9.17) is 4.74 Å². The smallest absolute Gasteiger partial charge is 0.119 e. The van der Waals surface area contributed by atoms with Crippen LogP contribution in [0, 0.1) is 5.92 Å². The molecule has 1 saturated carbocycles. The molecule has 1 heteroatoms. The summed E-state index contributed by atoms with van der Waals surface area (Å²) >= 11 is 0. The lowest BCUT2D eigenvalue weighted by molar-refractivity contribution is 0.414. The molecule has 0 atom stereocenters. The Hall–Kier alpha value is -0.980. The van der Waals surface area contributed by atoms with Crippen molar-refractivity contribution in [2.75, 3.05) is 7.11 Å². The molecule has 0 amide bonds. The third-order valence-corrected chi connectivity index (χ3v) is 2.69. The fraction of sp³-hybridized carbons (Fsp3) is 0.417. The Balaban J connectivity index is 2.18. The fourth-order valence-corrected chi connectivity index (χ4v) is 1.93. The van der Waals surface area contributed by atoms with E-state index < -0.39 is 0 Å². The number of rotatable bonds is 2. The van der Waals surface area contributed by atoms with E-state index in [0.717, 1.165) is 5.75 Å². The number of benzene rings is 1. The van der Waals surface area contributed by atoms with Crippen molar-refractivity contribution in [2.45, 2.75) is 25.7 Å². The van der Waals surface area contributed by atoms with E-state index in [1.165, 1.54) is 31.2 Å². The third kappa shape index (κ3) is 1.85. The van der Waals surface area contributed by atoms with Crippen LogP contribution in [0.5, 0.6) is 5.75 Å². The van der Waals surface area contributed by atoms with Crippen molar-refractivity contribution >= 4 is 0 Å². The molecule has 0 spiro atoms. The molecule has 1 aromatic carbocycles. The SMILES string of the molecule is COc1cccc([C]2CCCC2)c1. The summed E-state index contributed by atoms with van der Waals surface area (Å²) in [6.07, 6.45) is 5.25. The van der Waals surface area contributed by atoms with Crippen LogP contribution in [0.2, 0.25) is 0 Å². The van der Waals surface area contributed by atoms with Crippen LogP contribution >= 0.6 is 0 Å². The topological polar surface area (TPSA) is 9.23 Å². The molecule has 0 aliphatic heterocycles. The number of methoxy groups -OCH3 is 1. The minimum absolute atomic E-state index is 0.969. The Morgan fingerprint density at radius 3 is 2.62 bits per heavy atom. The van der Waals surface area contributed by atoms with Gasteiger partial charge in [-0.1, -0.05) is 25.0 Å². The quantitative estimate of drug-likeness (QED) is 0.670. The molecule has 0 unspecified atom stereocenters. The van der Waals surface area contributed by atoms with E-state index in [0.29, 0.717) is 0 Å². The molecule has 2 rings (SSSR count). The Labute approximate surface area is 79.7 Å². The van der Waals surface area contributed by atoms with Crippen LogP contribution in [0.4, 0.5) is 0 Å². The molecule has 1 fully saturated rings. The first-order chi connectivity index (χ1) is 6.40. The largest absolute Gasteiger partial charge is 0.497 e. The van der Waals surface area contributed by atoms with Crippen LogP contribution in [-0.4, -0.2) is 7.11 Å². The van der Waals surface area contributed by atoms with Crippen molar-refractivity contribution in [3.63, 3.8) is 0 Å². The first-order valence-electron chi connectivity index (χ1n) is 4.89. The second-order valence-corrected chi connectivity index (χ2v) is 3.54. The summed E-state index contributed by atoms with van der Waals surface area (Å²) in [5.74, 6) is 2.57. The summed E-state index contributed by atoms with van der Waals surface area (Å²) in [6.45, 7) is 0. The minimum Gasteiger partial charge on any atom is -0.497 e. The standard InChI is InChI=1S/C12H15O/c1-13-12-8-4-7-11(9-12)10-5-2-3-6-10/h4,7-9H,2-3,5-6H2,1H3. The van der Waals surface area contributed by atoms with E-state index >= 15 is 0 Å². The van der Waals surface area contributed by atoms with Crippen molar-refractivity contribution in [3.05, 3.63) is 35.7 Å². The molecule has 0 saturated heterocycles. The number of hydrogen-bond acceptors (Lipinski definition) is 1. The maximum atomic E-state index is 5.20. The van der Waals surface area contributed by atoms with E-state index in [1.807, 2.05) is 6.07 Å². The summed E-state index contributed by atoms with van der Waals surface area (Å²) in [5.41, 5.74) is 1.37. The summed E-state index contributed by atoms with van der Waals surface area (Å²) in [7, 11) is 1.72. The van der Waals surface area contributed by atoms with Gasteiger partial charge in [-0.2, -0.15) is 0 Å². The van der Waals surface area contributed by atoms with Crippen molar-refractivity contribution in [2.24, 2.45) is 0 Å². The van der Waals surface area contributed by atoms with Gasteiger partial charge in [0.2, 0.25) is 0 Å². The Kier molecular flexibility index (Phi) is 2.53. The zero-order valence-electron chi connectivity index (χ0n) is 8.05. The average molecular weight is 175 g/mol. The van der Waals surface area contributed by atoms with Crippen molar-refractivity contribution in [1.82, 2.24) is 0 Å². The molecular weight excluding hydrogens is 160 g/mol. The van der Waals surface area contributed by atoms with Crippen molar-refractivity contribution < 1.29 is 4.74 Å². The third-order valence-electron chi connectivity index (χ3n) is 2.69. The summed E-state index contributed by atoms with van der Waals surface area (Å²) in [4.78, 5) is 0. The van der Waals surface area contributed by atoms with E-state index in [9.17, 15) is 0 Å². The molecule has 1 aromatic rings. The molecule has 0 N–H and O–H groups in total. The minimum atomic E-state index is 0.969. The molecule has 1 aliphatic carbocycles. The van der Waals surface area contributed by atoms with Gasteiger partial charge in [-0.25, -0.2) is 0 Å². The van der Waals surface area contributed by atoms with Gasteiger partial charge in [0.15, 0.2) is 0 Å². The maximum absolute atomic E-state index is 5.20. The predicted octanol–water partition coefficient (Wildman–Crippen LogP) is 3.19. The van der Waals surface area contributed by atoms with Gasteiger partial charge in [-0.3, -0.25) is 0 Å². The van der Waals surface area contributed by atoms with Gasteiger partial charge >= 0.3 is 0 Å². The second-order valence-electron chi connectivity index (χ2n) is 3.54. The van der Waals surface area contributed by atoms with Gasteiger partial charge in [-0.15, -0.1) is 0 Å². The molecule has 13 heavy (non-hydrogen) atoms. The van der Waals surface area contributed by atoms with Gasteiger partial charge in [0.1, 0.15) is 5.75 Å². The molecule has 0 bridgehead atoms. The summed E-state index contributed by atoms with van der Waals surface area (Å²) in [5, 5.41) is 0. The Morgan fingerprint density at radius 1 is 1.15 bits per heavy atom. The van der Waals surface area contributed by atoms with Gasteiger partial charge in [-0.05, 0) is 30.5 Å². The average Bonchev–Trinajstić information content (AvgIpc) is 2.71. The highest BCUT2D eigenvalue weighted by atomic mass is 16.5. The van der Waals surface area contributed by atoms with Crippen LogP contribution in [0.3, 0.4) is 0 Å². The highest BCUT2D eigenvalue weighted by Crippen LogP contribution is 2.34. The van der Waals surface area contributed by atoms with E-state index in [1.54, 1.807) is 13.0 Å². The Morgan fingerprint density at radius 2 is 1.92 bits per heavy atom. The van der Waals surface area contributed by atoms with Crippen LogP contribution in [0.15, 0.2) is 24.3 Å². The van der Waals surface area contributed by atoms with Crippen LogP contribution in [-0.2, 0) is 0 Å². The molecule has 0 heterocycles. The van der Waals surface area contributed by atoms with Crippen LogP contribution < -0.4 is 4.74 Å². The highest BCUT2D eigenvalue weighted by Gasteiger charge is 2.17. The number of ether oxygens (including phenoxy) is 1. The van der Waals surface area contributed by atoms with Crippen molar-refractivity contribution in [1.29, 1.82) is 0 Å². The molecule has 1 nitrogen and oxygen atoms in total. The first kappa shape index (κ1) is 8.61. The Bertz CT molecular complexity index is 274. The zero-order valence-corrected chi connectivity index (χ0v) is 8.05. The zero-order chi connectivity index (χ0) is 9.10. The van der Waals surface area contributed by atoms with Crippen molar-refractivity contribution in [3.8, 4) is 5.75 Å². The lowest BCUT2D eigenvalue weighted by Crippen LogP contribution is -1.93. The highest BCUT2D eigenvalue weighted by molar-refractivity contribution is 5.38. The van der Waals surface area contributed by atoms with Crippen LogP contribution in [0.1, 0.15) is 31.2 Å². The first-order valence-corrected chi connectivity index (χ1v) is 4.89. The number of hydrogen-bond donors (Lipinski definition) is 0. The van der Waals surface area contributed by atoms with Gasteiger partial charge in [0, 0.05) is 5.92 Å². The maximum Gasteiger partial charge on any atom is 0.119 e. The second kappa shape index (κ2) is 3.82. The molecule has 1 radical (unpaired) electrons. The van der Waals surface area contributed by atoms with E-state index in [2.05, 4.69) is 18.2 Å². The molecular formula is C12H15O. The molecule has 69 valence electrons. The summed E-state index contributed by atoms with van der Waals surface area (Å²) < 4.78 is 5.20. The van der Waals surface area contributed by atoms with Gasteiger partial charge < -0.3 is 4.74 Å². The van der Waals surface area contributed by atoms with Crippen LogP contribution in [0.25, 0.3) is 0 Å². The van der Waals surface area contributed by atoms with Gasteiger partial charge in [0.25, 0.3) is 0 Å². The lowest BCUT2D eigenvalue weighted by Gasteiger charge is -2.09. The normalized spacial score (nSPS) is 17.6. The fourth-order valence-electron chi connectivity index (χ4n) is 1.93.